The number of ketones is 1. The highest BCUT2D eigenvalue weighted by atomic mass is 32.2. The van der Waals surface area contributed by atoms with Crippen LogP contribution in [0.4, 0.5) is 0 Å². The molecular weight excluding hydrogens is 719 g/mol. The summed E-state index contributed by atoms with van der Waals surface area (Å²) in [6.07, 6.45) is 4.92. The van der Waals surface area contributed by atoms with Crippen LogP contribution >= 0.6 is 0 Å². The Bertz CT molecular complexity index is 2090. The van der Waals surface area contributed by atoms with E-state index in [0.717, 1.165) is 24.8 Å². The minimum Gasteiger partial charge on any atom is -0.471 e. The number of amides is 3. The number of fused-ring (bicyclic) bond motifs is 1. The van der Waals surface area contributed by atoms with E-state index < -0.39 is 56.0 Å². The number of likely N-dealkylation sites (tertiary alicyclic amines) is 2. The summed E-state index contributed by atoms with van der Waals surface area (Å²) in [5.41, 5.74) is 0.708. The lowest BCUT2D eigenvalue weighted by atomic mass is 9.77. The highest BCUT2D eigenvalue weighted by Crippen LogP contribution is 2.57. The molecule has 2 saturated carbocycles. The zero-order valence-electron chi connectivity index (χ0n) is 31.9. The standard InChI is InChI=1S/C42H51N5O7S/c1-5-28-24-42(28,40(51)45-55(52,53)30-18-19-30)25-35(48)34-22-29(26-47(34)39(50)31(41(2,3)4)23-36(49)46-20-12-7-13-21-46)54-38-37(27-14-8-6-9-15-27)43-32-16-10-11-17-33(32)44-38/h5-6,8-11,14-17,28-31,34H,1,7,12-13,18-26H2,2-4H3,(H,45,51)/t28-,29-,31-,34+,42-/m1/s1. The molecule has 3 heterocycles. The summed E-state index contributed by atoms with van der Waals surface area (Å²) in [4.78, 5) is 69.8. The summed E-state index contributed by atoms with van der Waals surface area (Å²) in [7, 11) is -3.85. The van der Waals surface area contributed by atoms with E-state index in [-0.39, 0.29) is 55.7 Å². The number of Topliss-reactive ketones (excluding diaryl/α,β-unsaturated/α-hetero) is 1. The molecular formula is C42H51N5O7S. The lowest BCUT2D eigenvalue weighted by Gasteiger charge is -2.36. The molecule has 2 aromatic carbocycles. The van der Waals surface area contributed by atoms with Gasteiger partial charge in [0.15, 0.2) is 5.78 Å². The molecule has 13 heteroatoms. The van der Waals surface area contributed by atoms with Crippen molar-refractivity contribution in [1.82, 2.24) is 24.5 Å². The summed E-state index contributed by atoms with van der Waals surface area (Å²) in [6.45, 7) is 11.0. The topological polar surface area (TPSA) is 156 Å². The Morgan fingerprint density at radius 1 is 0.982 bits per heavy atom. The highest BCUT2D eigenvalue weighted by molar-refractivity contribution is 7.90. The van der Waals surface area contributed by atoms with Crippen LogP contribution < -0.4 is 9.46 Å². The number of carbonyl (C=O) groups excluding carboxylic acids is 4. The Kier molecular flexibility index (Phi) is 10.6. The largest absolute Gasteiger partial charge is 0.471 e. The number of nitrogens with one attached hydrogen (secondary N) is 1. The van der Waals surface area contributed by atoms with Crippen molar-refractivity contribution in [2.24, 2.45) is 22.7 Å². The number of hydrogen-bond donors (Lipinski definition) is 1. The fourth-order valence-corrected chi connectivity index (χ4v) is 9.54. The number of carbonyl (C=O) groups is 4. The number of sulfonamides is 1. The molecule has 0 unspecified atom stereocenters. The van der Waals surface area contributed by atoms with Crippen LogP contribution in [0.15, 0.2) is 67.3 Å². The first-order valence-electron chi connectivity index (χ1n) is 19.5. The second-order valence-corrected chi connectivity index (χ2v) is 18.8. The first-order valence-corrected chi connectivity index (χ1v) is 21.0. The highest BCUT2D eigenvalue weighted by Gasteiger charge is 2.61. The maximum Gasteiger partial charge on any atom is 0.241 e. The molecule has 4 aliphatic rings. The van der Waals surface area contributed by atoms with Crippen LogP contribution in [-0.4, -0.2) is 88.7 Å². The van der Waals surface area contributed by atoms with Gasteiger partial charge in [0.25, 0.3) is 0 Å². The number of nitrogens with zero attached hydrogens (tertiary/aromatic N) is 4. The molecule has 2 aliphatic carbocycles. The minimum atomic E-state index is -3.85. The maximum atomic E-state index is 14.8. The van der Waals surface area contributed by atoms with Crippen molar-refractivity contribution >= 4 is 44.6 Å². The van der Waals surface area contributed by atoms with Gasteiger partial charge in [0.1, 0.15) is 11.8 Å². The third-order valence-corrected chi connectivity index (χ3v) is 13.6. The molecule has 0 radical (unpaired) electrons. The van der Waals surface area contributed by atoms with Crippen molar-refractivity contribution in [3.63, 3.8) is 0 Å². The third kappa shape index (κ3) is 8.17. The summed E-state index contributed by atoms with van der Waals surface area (Å²) >= 11 is 0. The van der Waals surface area contributed by atoms with Crippen molar-refractivity contribution in [3.05, 3.63) is 67.3 Å². The Morgan fingerprint density at radius 2 is 1.64 bits per heavy atom. The lowest BCUT2D eigenvalue weighted by molar-refractivity contribution is -0.148. The second-order valence-electron chi connectivity index (χ2n) is 16.8. The molecule has 1 aromatic heterocycles. The number of allylic oxidation sites excluding steroid dienone is 1. The van der Waals surface area contributed by atoms with Crippen LogP contribution in [0.5, 0.6) is 5.88 Å². The normalized spacial score (nSPS) is 24.6. The molecule has 292 valence electrons. The average molecular weight is 770 g/mol. The number of benzene rings is 2. The molecule has 2 saturated heterocycles. The molecule has 0 spiro atoms. The van der Waals surface area contributed by atoms with E-state index >= 15 is 0 Å². The summed E-state index contributed by atoms with van der Waals surface area (Å²) in [5.74, 6) is -2.36. The molecule has 0 bridgehead atoms. The molecule has 1 N–H and O–H groups in total. The molecule has 55 heavy (non-hydrogen) atoms. The smallest absolute Gasteiger partial charge is 0.241 e. The van der Waals surface area contributed by atoms with Gasteiger partial charge in [0, 0.05) is 37.9 Å². The molecule has 2 aliphatic heterocycles. The second kappa shape index (κ2) is 15.1. The number of ether oxygens (including phenoxy) is 1. The Morgan fingerprint density at radius 3 is 2.25 bits per heavy atom. The number of rotatable bonds is 13. The van der Waals surface area contributed by atoms with Crippen molar-refractivity contribution in [3.8, 4) is 17.1 Å². The van der Waals surface area contributed by atoms with E-state index in [1.165, 1.54) is 4.90 Å². The summed E-state index contributed by atoms with van der Waals surface area (Å²) in [5, 5.41) is -0.605. The zero-order chi connectivity index (χ0) is 39.1. The van der Waals surface area contributed by atoms with Crippen molar-refractivity contribution in [2.75, 3.05) is 19.6 Å². The molecule has 12 nitrogen and oxygen atoms in total. The molecule has 3 amide bonds. The molecule has 5 atom stereocenters. The van der Waals surface area contributed by atoms with Gasteiger partial charge in [-0.25, -0.2) is 18.4 Å². The van der Waals surface area contributed by atoms with Gasteiger partial charge in [-0.3, -0.25) is 23.9 Å². The number of para-hydroxylation sites is 2. The summed E-state index contributed by atoms with van der Waals surface area (Å²) < 4.78 is 34.5. The lowest BCUT2D eigenvalue weighted by Crippen LogP contribution is -2.49. The Hall–Kier alpha value is -4.65. The fourth-order valence-electron chi connectivity index (χ4n) is 8.16. The van der Waals surface area contributed by atoms with Gasteiger partial charge in [-0.15, -0.1) is 6.58 Å². The fraction of sp³-hybridized carbons (Fsp3) is 0.524. The molecule has 3 aromatic rings. The van der Waals surface area contributed by atoms with Gasteiger partial charge in [-0.1, -0.05) is 69.3 Å². The SMILES string of the molecule is C=C[C@@H]1C[C@]1(CC(=O)[C@@H]1C[C@@H](Oc2nc3ccccc3nc2-c2ccccc2)CN1C(=O)[C@@H](CC(=O)N1CCCCC1)C(C)(C)C)C(=O)NS(=O)(=O)C1CC1. The average Bonchev–Trinajstić information content (AvgIpc) is 4.10. The van der Waals surface area contributed by atoms with Crippen LogP contribution in [0.2, 0.25) is 0 Å². The van der Waals surface area contributed by atoms with Gasteiger partial charge in [-0.05, 0) is 62.0 Å². The van der Waals surface area contributed by atoms with Gasteiger partial charge < -0.3 is 14.5 Å². The van der Waals surface area contributed by atoms with Crippen molar-refractivity contribution in [2.45, 2.75) is 96.0 Å². The van der Waals surface area contributed by atoms with Gasteiger partial charge in [-0.2, -0.15) is 0 Å². The monoisotopic (exact) mass is 769 g/mol. The molecule has 7 rings (SSSR count). The first kappa shape index (κ1) is 38.6. The van der Waals surface area contributed by atoms with E-state index in [0.29, 0.717) is 42.7 Å². The van der Waals surface area contributed by atoms with Gasteiger partial charge >= 0.3 is 0 Å². The zero-order valence-corrected chi connectivity index (χ0v) is 32.7. The van der Waals surface area contributed by atoms with Gasteiger partial charge in [0.05, 0.1) is 40.2 Å². The third-order valence-electron chi connectivity index (χ3n) is 11.8. The van der Waals surface area contributed by atoms with Gasteiger partial charge in [0.2, 0.25) is 33.6 Å². The van der Waals surface area contributed by atoms with E-state index in [2.05, 4.69) is 11.3 Å². The van der Waals surface area contributed by atoms with Crippen LogP contribution in [0.25, 0.3) is 22.3 Å². The number of piperidine rings is 1. The van der Waals surface area contributed by atoms with Crippen LogP contribution in [0.1, 0.15) is 78.6 Å². The van der Waals surface area contributed by atoms with Crippen molar-refractivity contribution < 1.29 is 32.3 Å². The van der Waals surface area contributed by atoms with Crippen LogP contribution in [0.3, 0.4) is 0 Å². The Balaban J connectivity index is 1.20. The quantitative estimate of drug-likeness (QED) is 0.223. The summed E-state index contributed by atoms with van der Waals surface area (Å²) in [6, 6.07) is 16.0. The van der Waals surface area contributed by atoms with Crippen LogP contribution in [0, 0.1) is 22.7 Å². The minimum absolute atomic E-state index is 0.00345. The number of aromatic nitrogens is 2. The van der Waals surface area contributed by atoms with E-state index in [4.69, 9.17) is 14.7 Å². The van der Waals surface area contributed by atoms with Crippen molar-refractivity contribution in [1.29, 1.82) is 0 Å². The van der Waals surface area contributed by atoms with Crippen LogP contribution in [-0.2, 0) is 29.2 Å². The van der Waals surface area contributed by atoms with E-state index in [1.54, 1.807) is 6.08 Å². The maximum absolute atomic E-state index is 14.8. The Labute approximate surface area is 323 Å². The van der Waals surface area contributed by atoms with E-state index in [9.17, 15) is 27.6 Å². The first-order chi connectivity index (χ1) is 26.2. The van der Waals surface area contributed by atoms with E-state index in [1.807, 2.05) is 80.3 Å². The molecule has 4 fully saturated rings. The number of hydrogen-bond acceptors (Lipinski definition) is 9. The predicted octanol–water partition coefficient (Wildman–Crippen LogP) is 5.47. The predicted molar refractivity (Wildman–Crippen MR) is 208 cm³/mol.